The largest absolute Gasteiger partial charge is 0.375 e. The number of carbonyl (C=O) groups excluding carboxylic acids is 1. The van der Waals surface area contributed by atoms with Crippen LogP contribution in [0, 0.1) is 0 Å². The molecule has 1 saturated heterocycles. The van der Waals surface area contributed by atoms with E-state index in [4.69, 9.17) is 10.5 Å². The number of hydrogen-bond acceptors (Lipinski definition) is 3. The van der Waals surface area contributed by atoms with Crippen LogP contribution >= 0.6 is 0 Å². The summed E-state index contributed by atoms with van der Waals surface area (Å²) in [4.78, 5) is 14.5. The van der Waals surface area contributed by atoms with Crippen molar-refractivity contribution in [3.05, 3.63) is 35.4 Å². The quantitative estimate of drug-likeness (QED) is 0.903. The molecule has 104 valence electrons. The van der Waals surface area contributed by atoms with Crippen LogP contribution in [0.3, 0.4) is 0 Å². The van der Waals surface area contributed by atoms with E-state index in [9.17, 15) is 4.79 Å². The first kappa shape index (κ1) is 14.0. The molecule has 2 unspecified atom stereocenters. The van der Waals surface area contributed by atoms with Crippen LogP contribution in [0.15, 0.2) is 24.3 Å². The summed E-state index contributed by atoms with van der Waals surface area (Å²) in [6.45, 7) is 5.82. The maximum absolute atomic E-state index is 12.6. The summed E-state index contributed by atoms with van der Waals surface area (Å²) in [5.41, 5.74) is 7.33. The molecule has 4 heteroatoms. The van der Waals surface area contributed by atoms with Gasteiger partial charge in [0.15, 0.2) is 0 Å². The van der Waals surface area contributed by atoms with Gasteiger partial charge in [0.05, 0.1) is 18.8 Å². The summed E-state index contributed by atoms with van der Waals surface area (Å²) in [6.07, 6.45) is 1.01. The minimum atomic E-state index is 0.0808. The van der Waals surface area contributed by atoms with Crippen molar-refractivity contribution in [2.45, 2.75) is 39.0 Å². The van der Waals surface area contributed by atoms with Crippen LogP contribution in [0.1, 0.15) is 36.2 Å². The first-order valence-corrected chi connectivity index (χ1v) is 6.87. The number of hydrogen-bond donors (Lipinski definition) is 1. The first-order chi connectivity index (χ1) is 9.15. The van der Waals surface area contributed by atoms with Crippen LogP contribution in [-0.2, 0) is 11.3 Å². The molecule has 2 rings (SSSR count). The molecule has 0 aliphatic carbocycles. The Bertz CT molecular complexity index is 448. The van der Waals surface area contributed by atoms with Gasteiger partial charge in [0.25, 0.3) is 5.91 Å². The van der Waals surface area contributed by atoms with Crippen molar-refractivity contribution in [1.29, 1.82) is 0 Å². The molecular weight excluding hydrogens is 240 g/mol. The van der Waals surface area contributed by atoms with Gasteiger partial charge in [-0.25, -0.2) is 0 Å². The molecule has 4 nitrogen and oxygen atoms in total. The van der Waals surface area contributed by atoms with Gasteiger partial charge in [-0.15, -0.1) is 0 Å². The Morgan fingerprint density at radius 1 is 1.53 bits per heavy atom. The Hall–Kier alpha value is -1.39. The van der Waals surface area contributed by atoms with E-state index >= 15 is 0 Å². The van der Waals surface area contributed by atoms with Crippen LogP contribution in [0.5, 0.6) is 0 Å². The lowest BCUT2D eigenvalue weighted by Crippen LogP contribution is -2.51. The fourth-order valence-corrected chi connectivity index (χ4v) is 2.43. The summed E-state index contributed by atoms with van der Waals surface area (Å²) in [6, 6.07) is 7.74. The van der Waals surface area contributed by atoms with Crippen LogP contribution in [0.4, 0.5) is 0 Å². The number of nitrogens with two attached hydrogens (primary N) is 1. The van der Waals surface area contributed by atoms with E-state index in [1.165, 1.54) is 0 Å². The molecule has 0 radical (unpaired) electrons. The molecule has 1 fully saturated rings. The highest BCUT2D eigenvalue weighted by atomic mass is 16.5. The lowest BCUT2D eigenvalue weighted by Gasteiger charge is -2.38. The van der Waals surface area contributed by atoms with Gasteiger partial charge in [-0.1, -0.05) is 19.1 Å². The topological polar surface area (TPSA) is 55.6 Å². The maximum Gasteiger partial charge on any atom is 0.254 e. The number of benzene rings is 1. The summed E-state index contributed by atoms with van der Waals surface area (Å²) in [7, 11) is 0. The van der Waals surface area contributed by atoms with Gasteiger partial charge in [-0.05, 0) is 31.0 Å². The molecule has 1 aliphatic heterocycles. The Balaban J connectivity index is 2.20. The summed E-state index contributed by atoms with van der Waals surface area (Å²) in [5.74, 6) is 0.0808. The highest BCUT2D eigenvalue weighted by Gasteiger charge is 2.29. The van der Waals surface area contributed by atoms with Crippen molar-refractivity contribution < 1.29 is 9.53 Å². The molecule has 0 aromatic heterocycles. The van der Waals surface area contributed by atoms with Crippen LogP contribution in [0.25, 0.3) is 0 Å². The molecule has 2 atom stereocenters. The third-order valence-corrected chi connectivity index (χ3v) is 3.61. The van der Waals surface area contributed by atoms with E-state index in [1.807, 2.05) is 36.1 Å². The second-order valence-corrected chi connectivity index (χ2v) is 5.07. The SMILES string of the molecule is CCC1COC(C)CN1C(=O)c1cccc(CN)c1. The zero-order valence-electron chi connectivity index (χ0n) is 11.6. The average Bonchev–Trinajstić information content (AvgIpc) is 2.46. The monoisotopic (exact) mass is 262 g/mol. The molecule has 1 aromatic rings. The van der Waals surface area contributed by atoms with E-state index in [2.05, 4.69) is 6.92 Å². The van der Waals surface area contributed by atoms with Crippen molar-refractivity contribution in [3.63, 3.8) is 0 Å². The highest BCUT2D eigenvalue weighted by Crippen LogP contribution is 2.18. The fraction of sp³-hybridized carbons (Fsp3) is 0.533. The molecule has 2 N–H and O–H groups in total. The van der Waals surface area contributed by atoms with Crippen molar-refractivity contribution in [2.75, 3.05) is 13.2 Å². The van der Waals surface area contributed by atoms with Gasteiger partial charge in [0, 0.05) is 18.7 Å². The maximum atomic E-state index is 12.6. The third kappa shape index (κ3) is 3.14. The van der Waals surface area contributed by atoms with Crippen molar-refractivity contribution in [3.8, 4) is 0 Å². The lowest BCUT2D eigenvalue weighted by molar-refractivity contribution is -0.0444. The van der Waals surface area contributed by atoms with E-state index in [0.717, 1.165) is 17.5 Å². The second-order valence-electron chi connectivity index (χ2n) is 5.07. The predicted octanol–water partition coefficient (Wildman–Crippen LogP) is 1.78. The van der Waals surface area contributed by atoms with Crippen molar-refractivity contribution in [2.24, 2.45) is 5.73 Å². The van der Waals surface area contributed by atoms with Crippen molar-refractivity contribution in [1.82, 2.24) is 4.90 Å². The number of rotatable bonds is 3. The number of carbonyl (C=O) groups is 1. The van der Waals surface area contributed by atoms with Gasteiger partial charge in [-0.3, -0.25) is 4.79 Å². The second kappa shape index (κ2) is 6.17. The zero-order valence-corrected chi connectivity index (χ0v) is 11.6. The van der Waals surface area contributed by atoms with Gasteiger partial charge >= 0.3 is 0 Å². The molecule has 1 amide bonds. The molecule has 0 bridgehead atoms. The van der Waals surface area contributed by atoms with Gasteiger partial charge in [0.1, 0.15) is 0 Å². The molecule has 1 aliphatic rings. The molecule has 0 saturated carbocycles. The van der Waals surface area contributed by atoms with Gasteiger partial charge < -0.3 is 15.4 Å². The Morgan fingerprint density at radius 2 is 2.32 bits per heavy atom. The Kier molecular flexibility index (Phi) is 4.56. The Morgan fingerprint density at radius 3 is 3.00 bits per heavy atom. The molecule has 19 heavy (non-hydrogen) atoms. The molecular formula is C15H22N2O2. The van der Waals surface area contributed by atoms with Gasteiger partial charge in [0.2, 0.25) is 0 Å². The smallest absolute Gasteiger partial charge is 0.254 e. The predicted molar refractivity (Wildman–Crippen MR) is 74.9 cm³/mol. The fourth-order valence-electron chi connectivity index (χ4n) is 2.43. The van der Waals surface area contributed by atoms with E-state index < -0.39 is 0 Å². The first-order valence-electron chi connectivity index (χ1n) is 6.87. The molecule has 0 spiro atoms. The van der Waals surface area contributed by atoms with E-state index in [1.54, 1.807) is 0 Å². The highest BCUT2D eigenvalue weighted by molar-refractivity contribution is 5.94. The standard InChI is InChI=1S/C15H22N2O2/c1-3-14-10-19-11(2)9-17(14)15(18)13-6-4-5-12(7-13)8-16/h4-7,11,14H,3,8-10,16H2,1-2H3. The minimum absolute atomic E-state index is 0.0808. The summed E-state index contributed by atoms with van der Waals surface area (Å²) < 4.78 is 5.63. The normalized spacial score (nSPS) is 23.4. The number of morpholine rings is 1. The number of ether oxygens (including phenoxy) is 1. The molecule has 1 heterocycles. The number of amides is 1. The zero-order chi connectivity index (χ0) is 13.8. The number of nitrogens with zero attached hydrogens (tertiary/aromatic N) is 1. The van der Waals surface area contributed by atoms with Crippen LogP contribution < -0.4 is 5.73 Å². The van der Waals surface area contributed by atoms with E-state index in [0.29, 0.717) is 19.7 Å². The van der Waals surface area contributed by atoms with Crippen LogP contribution in [-0.4, -0.2) is 36.1 Å². The third-order valence-electron chi connectivity index (χ3n) is 3.61. The summed E-state index contributed by atoms with van der Waals surface area (Å²) in [5, 5.41) is 0. The average molecular weight is 262 g/mol. The van der Waals surface area contributed by atoms with E-state index in [-0.39, 0.29) is 18.1 Å². The van der Waals surface area contributed by atoms with Gasteiger partial charge in [-0.2, -0.15) is 0 Å². The summed E-state index contributed by atoms with van der Waals surface area (Å²) >= 11 is 0. The van der Waals surface area contributed by atoms with Crippen LogP contribution in [0.2, 0.25) is 0 Å². The molecule has 1 aromatic carbocycles. The lowest BCUT2D eigenvalue weighted by atomic mass is 10.1. The van der Waals surface area contributed by atoms with Crippen molar-refractivity contribution >= 4 is 5.91 Å². The minimum Gasteiger partial charge on any atom is -0.375 e. The Labute approximate surface area is 114 Å².